The van der Waals surface area contributed by atoms with Crippen molar-refractivity contribution in [1.82, 2.24) is 20.3 Å². The second-order valence-electron chi connectivity index (χ2n) is 4.28. The molecule has 2 aromatic rings. The number of rotatable bonds is 7. The molecule has 0 fully saturated rings. The summed E-state index contributed by atoms with van der Waals surface area (Å²) >= 11 is 3.41. The highest BCUT2D eigenvalue weighted by molar-refractivity contribution is 9.10. The van der Waals surface area contributed by atoms with E-state index in [-0.39, 0.29) is 6.61 Å². The Morgan fingerprint density at radius 2 is 2.00 bits per heavy atom. The molecule has 102 valence electrons. The zero-order valence-electron chi connectivity index (χ0n) is 10.6. The Morgan fingerprint density at radius 1 is 1.21 bits per heavy atom. The van der Waals surface area contributed by atoms with Crippen LogP contribution in [-0.4, -0.2) is 26.7 Å². The van der Waals surface area contributed by atoms with Crippen LogP contribution in [0, 0.1) is 0 Å². The standard InChI is InChI=1S/C13H17BrN4O/c14-12-4-2-11(3-5-12)8-15-9-13-10-18(17-16-13)6-1-7-19/h2-5,10,15,19H,1,6-9H2. The number of aromatic nitrogens is 3. The highest BCUT2D eigenvalue weighted by atomic mass is 79.9. The van der Waals surface area contributed by atoms with Gasteiger partial charge in [0.25, 0.3) is 0 Å². The first kappa shape index (κ1) is 14.2. The third kappa shape index (κ3) is 4.74. The fourth-order valence-corrected chi connectivity index (χ4v) is 1.96. The molecule has 19 heavy (non-hydrogen) atoms. The van der Waals surface area contributed by atoms with E-state index in [0.717, 1.165) is 16.7 Å². The first-order chi connectivity index (χ1) is 9.28. The number of hydrogen-bond acceptors (Lipinski definition) is 4. The molecule has 0 unspecified atom stereocenters. The van der Waals surface area contributed by atoms with E-state index in [0.29, 0.717) is 19.5 Å². The van der Waals surface area contributed by atoms with E-state index in [1.54, 1.807) is 4.68 Å². The molecule has 0 atom stereocenters. The van der Waals surface area contributed by atoms with Crippen molar-refractivity contribution in [2.45, 2.75) is 26.1 Å². The van der Waals surface area contributed by atoms with E-state index in [4.69, 9.17) is 5.11 Å². The maximum absolute atomic E-state index is 8.74. The summed E-state index contributed by atoms with van der Waals surface area (Å²) in [5, 5.41) is 20.1. The molecule has 0 saturated heterocycles. The lowest BCUT2D eigenvalue weighted by Crippen LogP contribution is -2.12. The van der Waals surface area contributed by atoms with Gasteiger partial charge in [0.05, 0.1) is 5.69 Å². The highest BCUT2D eigenvalue weighted by Gasteiger charge is 2.00. The molecule has 0 radical (unpaired) electrons. The number of nitrogens with zero attached hydrogens (tertiary/aromatic N) is 3. The SMILES string of the molecule is OCCCn1cc(CNCc2ccc(Br)cc2)nn1. The number of nitrogens with one attached hydrogen (secondary N) is 1. The van der Waals surface area contributed by atoms with E-state index >= 15 is 0 Å². The number of benzene rings is 1. The summed E-state index contributed by atoms with van der Waals surface area (Å²) in [7, 11) is 0. The van der Waals surface area contributed by atoms with Crippen LogP contribution < -0.4 is 5.32 Å². The summed E-state index contributed by atoms with van der Waals surface area (Å²) in [5.74, 6) is 0. The molecule has 0 spiro atoms. The molecule has 5 nitrogen and oxygen atoms in total. The molecule has 2 N–H and O–H groups in total. The zero-order chi connectivity index (χ0) is 13.5. The van der Waals surface area contributed by atoms with Crippen LogP contribution in [-0.2, 0) is 19.6 Å². The molecule has 0 saturated carbocycles. The number of aliphatic hydroxyl groups excluding tert-OH is 1. The van der Waals surface area contributed by atoms with E-state index in [9.17, 15) is 0 Å². The van der Waals surface area contributed by atoms with Gasteiger partial charge in [0.15, 0.2) is 0 Å². The molecule has 2 rings (SSSR count). The number of hydrogen-bond donors (Lipinski definition) is 2. The van der Waals surface area contributed by atoms with Crippen molar-refractivity contribution in [2.75, 3.05) is 6.61 Å². The van der Waals surface area contributed by atoms with Crippen LogP contribution in [0.5, 0.6) is 0 Å². The van der Waals surface area contributed by atoms with Crippen LogP contribution in [0.3, 0.4) is 0 Å². The van der Waals surface area contributed by atoms with Gasteiger partial charge < -0.3 is 10.4 Å². The highest BCUT2D eigenvalue weighted by Crippen LogP contribution is 2.10. The monoisotopic (exact) mass is 324 g/mol. The van der Waals surface area contributed by atoms with Crippen molar-refractivity contribution in [2.24, 2.45) is 0 Å². The van der Waals surface area contributed by atoms with Gasteiger partial charge in [-0.3, -0.25) is 4.68 Å². The van der Waals surface area contributed by atoms with Crippen LogP contribution in [0.15, 0.2) is 34.9 Å². The predicted octanol–water partition coefficient (Wildman–Crippen LogP) is 1.71. The van der Waals surface area contributed by atoms with Gasteiger partial charge in [0, 0.05) is 36.9 Å². The summed E-state index contributed by atoms with van der Waals surface area (Å²) in [5.41, 5.74) is 2.14. The minimum absolute atomic E-state index is 0.178. The van der Waals surface area contributed by atoms with E-state index in [1.165, 1.54) is 5.56 Å². The fourth-order valence-electron chi connectivity index (χ4n) is 1.70. The van der Waals surface area contributed by atoms with E-state index in [2.05, 4.69) is 43.7 Å². The molecule has 6 heteroatoms. The third-order valence-corrected chi connectivity index (χ3v) is 3.21. The van der Waals surface area contributed by atoms with Gasteiger partial charge >= 0.3 is 0 Å². The first-order valence-electron chi connectivity index (χ1n) is 6.23. The summed E-state index contributed by atoms with van der Waals surface area (Å²) in [6.07, 6.45) is 2.61. The van der Waals surface area contributed by atoms with Crippen molar-refractivity contribution in [3.8, 4) is 0 Å². The Hall–Kier alpha value is -1.24. The van der Waals surface area contributed by atoms with Crippen LogP contribution in [0.4, 0.5) is 0 Å². The summed E-state index contributed by atoms with van der Waals surface area (Å²) < 4.78 is 2.84. The smallest absolute Gasteiger partial charge is 0.0964 e. The summed E-state index contributed by atoms with van der Waals surface area (Å²) in [4.78, 5) is 0. The van der Waals surface area contributed by atoms with Gasteiger partial charge in [-0.05, 0) is 24.1 Å². The second kappa shape index (κ2) is 7.37. The third-order valence-electron chi connectivity index (χ3n) is 2.68. The molecule has 0 aliphatic heterocycles. The summed E-state index contributed by atoms with van der Waals surface area (Å²) in [6, 6.07) is 8.22. The number of halogens is 1. The van der Waals surface area contributed by atoms with Crippen LogP contribution in [0.1, 0.15) is 17.7 Å². The molecular weight excluding hydrogens is 308 g/mol. The molecule has 1 aromatic heterocycles. The molecule has 0 aliphatic rings. The Balaban J connectivity index is 1.76. The molecular formula is C13H17BrN4O. The van der Waals surface area contributed by atoms with Crippen molar-refractivity contribution < 1.29 is 5.11 Å². The average Bonchev–Trinajstić information content (AvgIpc) is 2.87. The Kier molecular flexibility index (Phi) is 5.50. The minimum atomic E-state index is 0.178. The van der Waals surface area contributed by atoms with Gasteiger partial charge in [-0.2, -0.15) is 0 Å². The Labute approximate surface area is 120 Å². The molecule has 0 bridgehead atoms. The summed E-state index contributed by atoms with van der Waals surface area (Å²) in [6.45, 7) is 2.37. The van der Waals surface area contributed by atoms with Gasteiger partial charge in [-0.1, -0.05) is 33.3 Å². The zero-order valence-corrected chi connectivity index (χ0v) is 12.2. The van der Waals surface area contributed by atoms with Crippen molar-refractivity contribution in [3.05, 3.63) is 46.2 Å². The lowest BCUT2D eigenvalue weighted by molar-refractivity contribution is 0.276. The van der Waals surface area contributed by atoms with Crippen molar-refractivity contribution >= 4 is 15.9 Å². The average molecular weight is 325 g/mol. The Bertz CT molecular complexity index is 498. The number of aryl methyl sites for hydroxylation is 1. The lowest BCUT2D eigenvalue weighted by atomic mass is 10.2. The van der Waals surface area contributed by atoms with Crippen molar-refractivity contribution in [1.29, 1.82) is 0 Å². The van der Waals surface area contributed by atoms with Gasteiger partial charge in [-0.25, -0.2) is 0 Å². The van der Waals surface area contributed by atoms with Crippen molar-refractivity contribution in [3.63, 3.8) is 0 Å². The predicted molar refractivity (Wildman–Crippen MR) is 76.4 cm³/mol. The lowest BCUT2D eigenvalue weighted by Gasteiger charge is -2.02. The first-order valence-corrected chi connectivity index (χ1v) is 7.02. The van der Waals surface area contributed by atoms with Crippen LogP contribution in [0.2, 0.25) is 0 Å². The maximum atomic E-state index is 8.74. The van der Waals surface area contributed by atoms with E-state index in [1.807, 2.05) is 18.3 Å². The topological polar surface area (TPSA) is 63.0 Å². The van der Waals surface area contributed by atoms with Crippen LogP contribution in [0.25, 0.3) is 0 Å². The number of aliphatic hydroxyl groups is 1. The molecule has 1 heterocycles. The van der Waals surface area contributed by atoms with Gasteiger partial charge in [0.1, 0.15) is 0 Å². The maximum Gasteiger partial charge on any atom is 0.0964 e. The normalized spacial score (nSPS) is 10.8. The molecule has 0 aliphatic carbocycles. The van der Waals surface area contributed by atoms with Gasteiger partial charge in [-0.15, -0.1) is 5.10 Å². The molecule has 1 aromatic carbocycles. The fraction of sp³-hybridized carbons (Fsp3) is 0.385. The van der Waals surface area contributed by atoms with Crippen LogP contribution >= 0.6 is 15.9 Å². The largest absolute Gasteiger partial charge is 0.396 e. The minimum Gasteiger partial charge on any atom is -0.396 e. The Morgan fingerprint density at radius 3 is 2.74 bits per heavy atom. The van der Waals surface area contributed by atoms with E-state index < -0.39 is 0 Å². The second-order valence-corrected chi connectivity index (χ2v) is 5.20. The molecule has 0 amide bonds. The van der Waals surface area contributed by atoms with Gasteiger partial charge in [0.2, 0.25) is 0 Å². The quantitative estimate of drug-likeness (QED) is 0.814.